The molecule has 9 heteroatoms. The fourth-order valence-corrected chi connectivity index (χ4v) is 6.40. The highest BCUT2D eigenvalue weighted by atomic mass is 35.5. The van der Waals surface area contributed by atoms with E-state index in [2.05, 4.69) is 5.32 Å². The largest absolute Gasteiger partial charge is 0.497 e. The van der Waals surface area contributed by atoms with Gasteiger partial charge in [0.25, 0.3) is 0 Å². The molecule has 2 heterocycles. The number of methoxy groups -OCH3 is 1. The molecule has 1 amide bonds. The summed E-state index contributed by atoms with van der Waals surface area (Å²) in [5, 5.41) is 4.47. The van der Waals surface area contributed by atoms with Gasteiger partial charge in [0.05, 0.1) is 17.7 Å². The Hall–Kier alpha value is -2.42. The first-order chi connectivity index (χ1) is 13.8. The molecule has 1 unspecified atom stereocenters. The number of hydrogen-bond donors (Lipinski definition) is 1. The number of hydrogen-bond acceptors (Lipinski definition) is 5. The van der Waals surface area contributed by atoms with Crippen molar-refractivity contribution in [2.24, 2.45) is 0 Å². The van der Waals surface area contributed by atoms with Gasteiger partial charge in [-0.15, -0.1) is 11.3 Å². The summed E-state index contributed by atoms with van der Waals surface area (Å²) < 4.78 is 45.8. The van der Waals surface area contributed by atoms with Crippen LogP contribution >= 0.6 is 22.9 Å². The normalized spacial score (nSPS) is 16.2. The van der Waals surface area contributed by atoms with Gasteiger partial charge < -0.3 is 10.1 Å². The van der Waals surface area contributed by atoms with E-state index in [0.717, 1.165) is 0 Å². The lowest BCUT2D eigenvalue weighted by atomic mass is 9.90. The van der Waals surface area contributed by atoms with E-state index < -0.39 is 21.6 Å². The second-order valence-corrected chi connectivity index (χ2v) is 9.75. The lowest BCUT2D eigenvalue weighted by Gasteiger charge is -2.24. The summed E-state index contributed by atoms with van der Waals surface area (Å²) in [6.45, 7) is 0. The monoisotopic (exact) mass is 451 g/mol. The van der Waals surface area contributed by atoms with Gasteiger partial charge in [0.15, 0.2) is 0 Å². The van der Waals surface area contributed by atoms with Crippen LogP contribution in [0, 0.1) is 5.82 Å². The molecule has 2 aromatic carbocycles. The number of sulfone groups is 1. The van der Waals surface area contributed by atoms with E-state index in [4.69, 9.17) is 16.3 Å². The van der Waals surface area contributed by atoms with Crippen LogP contribution in [-0.4, -0.2) is 21.4 Å². The van der Waals surface area contributed by atoms with E-state index in [-0.39, 0.29) is 33.4 Å². The van der Waals surface area contributed by atoms with Crippen LogP contribution in [0.25, 0.3) is 0 Å². The number of ether oxygens (including phenoxy) is 1. The van der Waals surface area contributed by atoms with Crippen LogP contribution in [0.2, 0.25) is 5.02 Å². The Balaban J connectivity index is 1.82. The topological polar surface area (TPSA) is 72.5 Å². The van der Waals surface area contributed by atoms with Crippen molar-refractivity contribution in [3.05, 3.63) is 69.1 Å². The number of halogens is 2. The summed E-state index contributed by atoms with van der Waals surface area (Å²) >= 11 is 7.18. The minimum absolute atomic E-state index is 0.00675. The Morgan fingerprint density at radius 3 is 2.62 bits per heavy atom. The Morgan fingerprint density at radius 1 is 1.21 bits per heavy atom. The highest BCUT2D eigenvalue weighted by Crippen LogP contribution is 2.46. The molecule has 0 bridgehead atoms. The maximum Gasteiger partial charge on any atom is 0.225 e. The van der Waals surface area contributed by atoms with Crippen molar-refractivity contribution in [3.8, 4) is 5.75 Å². The van der Waals surface area contributed by atoms with Gasteiger partial charge in [-0.3, -0.25) is 4.79 Å². The lowest BCUT2D eigenvalue weighted by Crippen LogP contribution is -2.24. The first-order valence-electron chi connectivity index (χ1n) is 8.56. The molecule has 5 nitrogen and oxygen atoms in total. The molecule has 1 aromatic heterocycles. The van der Waals surface area contributed by atoms with Gasteiger partial charge in [0, 0.05) is 27.6 Å². The van der Waals surface area contributed by atoms with E-state index in [1.165, 1.54) is 54.2 Å². The van der Waals surface area contributed by atoms with Crippen molar-refractivity contribution in [1.82, 2.24) is 0 Å². The van der Waals surface area contributed by atoms with Crippen molar-refractivity contribution in [2.45, 2.75) is 22.1 Å². The Morgan fingerprint density at radius 2 is 1.93 bits per heavy atom. The molecule has 0 fully saturated rings. The maximum atomic E-state index is 14.4. The van der Waals surface area contributed by atoms with Crippen LogP contribution < -0.4 is 10.1 Å². The molecule has 1 aliphatic rings. The number of anilines is 1. The summed E-state index contributed by atoms with van der Waals surface area (Å²) in [4.78, 5) is 13.0. The van der Waals surface area contributed by atoms with Crippen LogP contribution in [0.15, 0.2) is 57.6 Å². The number of thiophene rings is 1. The number of benzene rings is 2. The third-order valence-corrected chi connectivity index (χ3v) is 8.02. The van der Waals surface area contributed by atoms with Crippen molar-refractivity contribution < 1.29 is 22.3 Å². The fraction of sp³-hybridized carbons (Fsp3) is 0.150. The van der Waals surface area contributed by atoms with Gasteiger partial charge in [-0.2, -0.15) is 0 Å². The quantitative estimate of drug-likeness (QED) is 0.615. The van der Waals surface area contributed by atoms with Crippen LogP contribution in [-0.2, 0) is 14.6 Å². The van der Waals surface area contributed by atoms with E-state index >= 15 is 0 Å². The molecule has 0 radical (unpaired) electrons. The van der Waals surface area contributed by atoms with Crippen LogP contribution in [0.3, 0.4) is 0 Å². The van der Waals surface area contributed by atoms with Gasteiger partial charge in [-0.25, -0.2) is 12.8 Å². The Bertz CT molecular complexity index is 1210. The highest BCUT2D eigenvalue weighted by Gasteiger charge is 2.35. The molecule has 4 rings (SSSR count). The highest BCUT2D eigenvalue weighted by molar-refractivity contribution is 7.91. The van der Waals surface area contributed by atoms with E-state index in [9.17, 15) is 17.6 Å². The molecule has 0 aliphatic carbocycles. The minimum atomic E-state index is -3.89. The summed E-state index contributed by atoms with van der Waals surface area (Å²) in [5.41, 5.74) is 0.468. The maximum absolute atomic E-state index is 14.4. The van der Waals surface area contributed by atoms with Crippen molar-refractivity contribution in [1.29, 1.82) is 0 Å². The van der Waals surface area contributed by atoms with Crippen LogP contribution in [0.5, 0.6) is 5.75 Å². The molecular weight excluding hydrogens is 437 g/mol. The average molecular weight is 452 g/mol. The second kappa shape index (κ2) is 7.44. The van der Waals surface area contributed by atoms with Gasteiger partial charge in [-0.05, 0) is 48.0 Å². The van der Waals surface area contributed by atoms with Gasteiger partial charge in [0.2, 0.25) is 15.7 Å². The molecule has 0 saturated carbocycles. The number of rotatable bonds is 4. The number of fused-ring (bicyclic) bond motifs is 1. The average Bonchev–Trinajstić information content (AvgIpc) is 3.14. The molecular formula is C20H15ClFNO4S2. The van der Waals surface area contributed by atoms with E-state index in [1.54, 1.807) is 12.1 Å². The molecule has 0 saturated heterocycles. The number of carbonyl (C=O) groups is 1. The van der Waals surface area contributed by atoms with Gasteiger partial charge >= 0.3 is 0 Å². The molecule has 1 atom stereocenters. The second-order valence-electron chi connectivity index (χ2n) is 6.49. The summed E-state index contributed by atoms with van der Waals surface area (Å²) in [6.07, 6.45) is 0.00675. The standard InChI is InChI=1S/C20H15ClFNO4S2/c1-27-12-3-5-13(6-4-12)29(25,26)17-10-28-20-15(9-18(24)23-19(17)20)14-8-11(21)2-7-16(14)22/h2-8,10,15H,9H2,1H3,(H,23,24). The smallest absolute Gasteiger partial charge is 0.225 e. The summed E-state index contributed by atoms with van der Waals surface area (Å²) in [5.74, 6) is -0.956. The van der Waals surface area contributed by atoms with Gasteiger partial charge in [-0.1, -0.05) is 11.6 Å². The zero-order chi connectivity index (χ0) is 20.8. The van der Waals surface area contributed by atoms with E-state index in [1.807, 2.05) is 0 Å². The van der Waals surface area contributed by atoms with Gasteiger partial charge in [0.1, 0.15) is 16.5 Å². The Labute approximate surface area is 176 Å². The molecule has 1 aliphatic heterocycles. The molecule has 1 N–H and O–H groups in total. The summed E-state index contributed by atoms with van der Waals surface area (Å²) in [7, 11) is -2.40. The number of nitrogens with one attached hydrogen (secondary N) is 1. The zero-order valence-electron chi connectivity index (χ0n) is 15.1. The van der Waals surface area contributed by atoms with Crippen LogP contribution in [0.4, 0.5) is 10.1 Å². The van der Waals surface area contributed by atoms with Crippen LogP contribution in [0.1, 0.15) is 22.8 Å². The fourth-order valence-electron chi connectivity index (χ4n) is 3.32. The third kappa shape index (κ3) is 3.52. The first-order valence-corrected chi connectivity index (χ1v) is 11.3. The Kier molecular flexibility index (Phi) is 5.10. The third-order valence-electron chi connectivity index (χ3n) is 4.75. The van der Waals surface area contributed by atoms with Crippen molar-refractivity contribution in [3.63, 3.8) is 0 Å². The predicted molar refractivity (Wildman–Crippen MR) is 109 cm³/mol. The number of amides is 1. The molecule has 0 spiro atoms. The molecule has 3 aromatic rings. The molecule has 150 valence electrons. The van der Waals surface area contributed by atoms with Crippen molar-refractivity contribution >= 4 is 44.4 Å². The molecule has 29 heavy (non-hydrogen) atoms. The summed E-state index contributed by atoms with van der Waals surface area (Å²) in [6, 6.07) is 10.1. The minimum Gasteiger partial charge on any atom is -0.497 e. The lowest BCUT2D eigenvalue weighted by molar-refractivity contribution is -0.116. The number of carbonyl (C=O) groups excluding carboxylic acids is 1. The SMILES string of the molecule is COc1ccc(S(=O)(=O)c2csc3c2NC(=O)CC3c2cc(Cl)ccc2F)cc1. The predicted octanol–water partition coefficient (Wildman–Crippen LogP) is 4.86. The zero-order valence-corrected chi connectivity index (χ0v) is 17.5. The van der Waals surface area contributed by atoms with Crippen molar-refractivity contribution in [2.75, 3.05) is 12.4 Å². The first kappa shape index (κ1) is 19.9. The van der Waals surface area contributed by atoms with E-state index in [0.29, 0.717) is 15.6 Å².